The Balaban J connectivity index is 1.44. The van der Waals surface area contributed by atoms with Gasteiger partial charge in [0.05, 0.1) is 12.8 Å². The number of carbonyl (C=O) groups is 1. The van der Waals surface area contributed by atoms with Crippen LogP contribution in [0.5, 0.6) is 0 Å². The molecule has 1 heterocycles. The number of carbonyl (C=O) groups excluding carboxylic acids is 1. The van der Waals surface area contributed by atoms with Crippen LogP contribution in [0.2, 0.25) is 0 Å². The van der Waals surface area contributed by atoms with Gasteiger partial charge in [-0.3, -0.25) is 10.1 Å². The van der Waals surface area contributed by atoms with Gasteiger partial charge in [0.1, 0.15) is 6.10 Å². The van der Waals surface area contributed by atoms with E-state index in [1.807, 2.05) is 0 Å². The highest BCUT2D eigenvalue weighted by Crippen LogP contribution is 2.63. The van der Waals surface area contributed by atoms with Crippen molar-refractivity contribution in [1.82, 2.24) is 5.32 Å². The lowest BCUT2D eigenvalue weighted by molar-refractivity contribution is -0.169. The zero-order chi connectivity index (χ0) is 17.2. The number of fused-ring (bicyclic) bond motifs is 3. The van der Waals surface area contributed by atoms with E-state index in [0.29, 0.717) is 24.7 Å². The molecule has 0 amide bonds. The summed E-state index contributed by atoms with van der Waals surface area (Å²) in [5, 5.41) is 3.72. The maximum atomic E-state index is 11.6. The summed E-state index contributed by atoms with van der Waals surface area (Å²) in [6.07, 6.45) is 13.7. The third-order valence-electron chi connectivity index (χ3n) is 8.54. The second-order valence-electron chi connectivity index (χ2n) is 9.42. The Bertz CT molecular complexity index is 604. The fraction of sp³-hybridized carbons (Fsp3) is 0.857. The molecule has 0 radical (unpaired) electrons. The van der Waals surface area contributed by atoms with Gasteiger partial charge in [-0.15, -0.1) is 0 Å². The zero-order valence-electron chi connectivity index (χ0n) is 15.5. The van der Waals surface area contributed by atoms with E-state index in [-0.39, 0.29) is 23.0 Å². The molecule has 25 heavy (non-hydrogen) atoms. The van der Waals surface area contributed by atoms with Gasteiger partial charge in [0.2, 0.25) is 0 Å². The number of hydrogen-bond acceptors (Lipinski definition) is 4. The Morgan fingerprint density at radius 1 is 1.20 bits per heavy atom. The molecule has 0 spiro atoms. The van der Waals surface area contributed by atoms with Gasteiger partial charge in [0.25, 0.3) is 0 Å². The van der Waals surface area contributed by atoms with E-state index in [1.165, 1.54) is 32.1 Å². The second-order valence-corrected chi connectivity index (χ2v) is 9.42. The van der Waals surface area contributed by atoms with Crippen LogP contribution in [0.3, 0.4) is 0 Å². The van der Waals surface area contributed by atoms with E-state index >= 15 is 0 Å². The first kappa shape index (κ1) is 16.3. The lowest BCUT2D eigenvalue weighted by Crippen LogP contribution is -2.67. The van der Waals surface area contributed by atoms with Crippen molar-refractivity contribution in [3.63, 3.8) is 0 Å². The molecular formula is C21H31NO3. The molecule has 0 aromatic rings. The molecule has 138 valence electrons. The van der Waals surface area contributed by atoms with Gasteiger partial charge in [-0.25, -0.2) is 0 Å². The van der Waals surface area contributed by atoms with Crippen molar-refractivity contribution in [1.29, 1.82) is 0 Å². The van der Waals surface area contributed by atoms with Crippen LogP contribution in [-0.2, 0) is 14.3 Å². The molecule has 4 fully saturated rings. The summed E-state index contributed by atoms with van der Waals surface area (Å²) in [4.78, 5) is 11.6. The third-order valence-corrected chi connectivity index (χ3v) is 8.54. The molecule has 4 aliphatic carbocycles. The minimum atomic E-state index is -0.110. The molecule has 5 rings (SSSR count). The molecule has 1 saturated heterocycles. The van der Waals surface area contributed by atoms with Crippen LogP contribution >= 0.6 is 0 Å². The van der Waals surface area contributed by atoms with E-state index < -0.39 is 0 Å². The van der Waals surface area contributed by atoms with Gasteiger partial charge in [-0.05, 0) is 62.7 Å². The molecule has 0 aromatic carbocycles. The monoisotopic (exact) mass is 345 g/mol. The largest absolute Gasteiger partial charge is 0.462 e. The SMILES string of the molecule is CC(=O)OC1CC[C@H]2[C@@H]3CC[C@@]45C=CC[C@@H](OCN4)[C@@H]5[C@H]3CC[C@]12C. The number of hydrogen-bond donors (Lipinski definition) is 1. The average molecular weight is 345 g/mol. The van der Waals surface area contributed by atoms with Crippen molar-refractivity contribution in [2.75, 3.05) is 6.73 Å². The Labute approximate surface area is 150 Å². The van der Waals surface area contributed by atoms with E-state index in [4.69, 9.17) is 9.47 Å². The maximum absolute atomic E-state index is 11.6. The standard InChI is InChI=1S/C21H31NO3/c1-13(23)25-18-6-5-16-14-8-11-21-9-3-4-17(24-12-22-21)19(21)15(14)7-10-20(16,18)2/h3,9,14-19,22H,4-8,10-12H2,1-2H3/t14-,15+,16+,17-,18?,19+,20+,21-/m1/s1. The summed E-state index contributed by atoms with van der Waals surface area (Å²) in [5.41, 5.74) is 0.370. The molecular weight excluding hydrogens is 314 g/mol. The van der Waals surface area contributed by atoms with Crippen molar-refractivity contribution in [3.05, 3.63) is 12.2 Å². The van der Waals surface area contributed by atoms with E-state index in [9.17, 15) is 4.79 Å². The normalized spacial score (nSPS) is 53.5. The van der Waals surface area contributed by atoms with Gasteiger partial charge in [-0.2, -0.15) is 0 Å². The van der Waals surface area contributed by atoms with Crippen LogP contribution in [0, 0.1) is 29.1 Å². The number of rotatable bonds is 1. The molecule has 1 aliphatic heterocycles. The Morgan fingerprint density at radius 2 is 2.04 bits per heavy atom. The van der Waals surface area contributed by atoms with Crippen LogP contribution in [0.4, 0.5) is 0 Å². The molecule has 0 aromatic heterocycles. The Kier molecular flexibility index (Phi) is 3.63. The van der Waals surface area contributed by atoms with E-state index in [2.05, 4.69) is 24.4 Å². The summed E-state index contributed by atoms with van der Waals surface area (Å²) < 4.78 is 11.9. The first-order valence-corrected chi connectivity index (χ1v) is 10.2. The predicted octanol–water partition coefficient (Wildman–Crippen LogP) is 3.42. The molecule has 1 N–H and O–H groups in total. The third kappa shape index (κ3) is 2.22. The number of nitrogens with one attached hydrogen (secondary N) is 1. The Morgan fingerprint density at radius 3 is 2.88 bits per heavy atom. The van der Waals surface area contributed by atoms with Crippen LogP contribution in [0.25, 0.3) is 0 Å². The average Bonchev–Trinajstić information content (AvgIpc) is 2.90. The summed E-state index contributed by atoms with van der Waals surface area (Å²) in [6, 6.07) is 0. The summed E-state index contributed by atoms with van der Waals surface area (Å²) in [7, 11) is 0. The minimum Gasteiger partial charge on any atom is -0.462 e. The van der Waals surface area contributed by atoms with Crippen molar-refractivity contribution < 1.29 is 14.3 Å². The molecule has 4 heteroatoms. The summed E-state index contributed by atoms with van der Waals surface area (Å²) >= 11 is 0. The predicted molar refractivity (Wildman–Crippen MR) is 94.7 cm³/mol. The van der Waals surface area contributed by atoms with Crippen LogP contribution in [0.1, 0.15) is 58.8 Å². The smallest absolute Gasteiger partial charge is 0.302 e. The highest BCUT2D eigenvalue weighted by molar-refractivity contribution is 5.66. The fourth-order valence-corrected chi connectivity index (χ4v) is 7.56. The van der Waals surface area contributed by atoms with Gasteiger partial charge in [0, 0.05) is 23.8 Å². The van der Waals surface area contributed by atoms with Gasteiger partial charge >= 0.3 is 5.97 Å². The highest BCUT2D eigenvalue weighted by Gasteiger charge is 2.62. The maximum Gasteiger partial charge on any atom is 0.302 e. The molecule has 3 saturated carbocycles. The lowest BCUT2D eigenvalue weighted by atomic mass is 9.48. The molecule has 4 nitrogen and oxygen atoms in total. The molecule has 5 aliphatic rings. The van der Waals surface area contributed by atoms with E-state index in [0.717, 1.165) is 24.7 Å². The molecule has 8 atom stereocenters. The number of ether oxygens (including phenoxy) is 2. The zero-order valence-corrected chi connectivity index (χ0v) is 15.5. The summed E-state index contributed by atoms with van der Waals surface area (Å²) in [5.74, 6) is 2.75. The van der Waals surface area contributed by atoms with Gasteiger partial charge in [0.15, 0.2) is 0 Å². The highest BCUT2D eigenvalue weighted by atomic mass is 16.5. The Hall–Kier alpha value is -0.870. The van der Waals surface area contributed by atoms with Crippen molar-refractivity contribution in [2.24, 2.45) is 29.1 Å². The van der Waals surface area contributed by atoms with Crippen LogP contribution < -0.4 is 5.32 Å². The first-order chi connectivity index (χ1) is 12.0. The van der Waals surface area contributed by atoms with Crippen molar-refractivity contribution >= 4 is 5.97 Å². The minimum absolute atomic E-state index is 0.110. The first-order valence-electron chi connectivity index (χ1n) is 10.2. The second kappa shape index (κ2) is 5.56. The van der Waals surface area contributed by atoms with Crippen LogP contribution in [0.15, 0.2) is 12.2 Å². The fourth-order valence-electron chi connectivity index (χ4n) is 7.56. The van der Waals surface area contributed by atoms with E-state index in [1.54, 1.807) is 6.92 Å². The molecule has 1 unspecified atom stereocenters. The molecule has 2 bridgehead atoms. The topological polar surface area (TPSA) is 47.6 Å². The van der Waals surface area contributed by atoms with Gasteiger partial charge in [-0.1, -0.05) is 19.1 Å². The lowest BCUT2D eigenvalue weighted by Gasteiger charge is -2.61. The van der Waals surface area contributed by atoms with Gasteiger partial charge < -0.3 is 9.47 Å². The summed E-state index contributed by atoms with van der Waals surface area (Å²) in [6.45, 7) is 4.67. The number of esters is 1. The quantitative estimate of drug-likeness (QED) is 0.584. The van der Waals surface area contributed by atoms with Crippen LogP contribution in [-0.4, -0.2) is 30.4 Å². The van der Waals surface area contributed by atoms with Crippen molar-refractivity contribution in [3.8, 4) is 0 Å². The van der Waals surface area contributed by atoms with Crippen molar-refractivity contribution in [2.45, 2.75) is 76.5 Å².